The summed E-state index contributed by atoms with van der Waals surface area (Å²) in [5.74, 6) is -0.673. The van der Waals surface area contributed by atoms with E-state index >= 15 is 0 Å². The Bertz CT molecular complexity index is 524. The molecule has 20 heteroatoms. The molecule has 0 aliphatic rings. The van der Waals surface area contributed by atoms with Crippen molar-refractivity contribution < 1.29 is 102 Å². The Hall–Kier alpha value is -1.25. The van der Waals surface area contributed by atoms with E-state index in [1.165, 1.54) is 51.4 Å². The van der Waals surface area contributed by atoms with Crippen LogP contribution in [0.5, 0.6) is 0 Å². The van der Waals surface area contributed by atoms with Crippen LogP contribution in [0.25, 0.3) is 0 Å². The second-order valence-corrected chi connectivity index (χ2v) is 11.6. The SMILES string of the molecule is CCCCCCCCC(CCCCCC)C(=O)O.OCC(O)CO.OCC(O)CO.OCC(O)CO.OCC(O)CO.OCC(O)CO.OCC(O)CO. The lowest BCUT2D eigenvalue weighted by molar-refractivity contribution is -0.142. The van der Waals surface area contributed by atoms with E-state index in [1.807, 2.05) is 0 Å². The van der Waals surface area contributed by atoms with Gasteiger partial charge in [-0.15, -0.1) is 0 Å². The normalized spacial score (nSPS) is 10.9. The van der Waals surface area contributed by atoms with Gasteiger partial charge in [0.1, 0.15) is 36.6 Å². The summed E-state index contributed by atoms with van der Waals surface area (Å²) in [4.78, 5) is 11.1. The molecule has 0 aromatic carbocycles. The lowest BCUT2D eigenvalue weighted by atomic mass is 9.94. The molecule has 336 valence electrons. The highest BCUT2D eigenvalue weighted by atomic mass is 16.4. The molecule has 20 nitrogen and oxygen atoms in total. The molecule has 0 aliphatic heterocycles. The Balaban J connectivity index is -0.000000103. The smallest absolute Gasteiger partial charge is 0.306 e. The second-order valence-electron chi connectivity index (χ2n) is 11.6. The summed E-state index contributed by atoms with van der Waals surface area (Å²) in [7, 11) is 0. The average molecular weight is 809 g/mol. The lowest BCUT2D eigenvalue weighted by Crippen LogP contribution is -2.15. The van der Waals surface area contributed by atoms with Gasteiger partial charge < -0.3 is 97.0 Å². The fourth-order valence-electron chi connectivity index (χ4n) is 2.73. The van der Waals surface area contributed by atoms with Crippen molar-refractivity contribution in [1.29, 1.82) is 0 Å². The first-order valence-corrected chi connectivity index (χ1v) is 18.2. The zero-order valence-electron chi connectivity index (χ0n) is 32.4. The Kier molecular flexibility index (Phi) is 76.2. The molecule has 0 saturated heterocycles. The van der Waals surface area contributed by atoms with Gasteiger partial charge in [0.05, 0.1) is 85.2 Å². The number of aliphatic hydroxyl groups is 18. The van der Waals surface area contributed by atoms with Crippen molar-refractivity contribution in [3.63, 3.8) is 0 Å². The molecule has 0 saturated carbocycles. The third kappa shape index (κ3) is 75.6. The highest BCUT2D eigenvalue weighted by Gasteiger charge is 2.16. The average Bonchev–Trinajstić information content (AvgIpc) is 3.21. The first-order chi connectivity index (χ1) is 25.6. The van der Waals surface area contributed by atoms with Crippen molar-refractivity contribution in [1.82, 2.24) is 0 Å². The number of carboxylic acid groups (broad SMARTS) is 1. The molecule has 19 N–H and O–H groups in total. The van der Waals surface area contributed by atoms with Crippen LogP contribution >= 0.6 is 0 Å². The number of hydrogen-bond donors (Lipinski definition) is 19. The number of carbonyl (C=O) groups is 1. The van der Waals surface area contributed by atoms with Crippen LogP contribution in [0.3, 0.4) is 0 Å². The molecule has 1 unspecified atom stereocenters. The van der Waals surface area contributed by atoms with Crippen molar-refractivity contribution in [2.45, 2.75) is 128 Å². The van der Waals surface area contributed by atoms with Gasteiger partial charge in [0.15, 0.2) is 0 Å². The molecular weight excluding hydrogens is 728 g/mol. The predicted molar refractivity (Wildman–Crippen MR) is 199 cm³/mol. The van der Waals surface area contributed by atoms with Crippen LogP contribution in [-0.2, 0) is 4.79 Å². The standard InChI is InChI=1S/C16H32O2.6C3H8O3/c1-3-5-7-9-10-12-14-15(16(17)18)13-11-8-6-4-2;6*4-1-3(6)2-5/h15H,3-14H2,1-2H3,(H,17,18);6*3-6H,1-2H2. The monoisotopic (exact) mass is 809 g/mol. The number of carboxylic acids is 1. The topological polar surface area (TPSA) is 401 Å². The van der Waals surface area contributed by atoms with Gasteiger partial charge in [-0.2, -0.15) is 0 Å². The fraction of sp³-hybridized carbons (Fsp3) is 0.971. The molecule has 0 spiro atoms. The summed E-state index contributed by atoms with van der Waals surface area (Å²) in [6.45, 7) is 0.0295. The van der Waals surface area contributed by atoms with Crippen LogP contribution in [-0.4, -0.2) is 219 Å². The van der Waals surface area contributed by atoms with E-state index in [-0.39, 0.29) is 85.2 Å². The van der Waals surface area contributed by atoms with Gasteiger partial charge in [-0.1, -0.05) is 78.1 Å². The fourth-order valence-corrected chi connectivity index (χ4v) is 2.73. The van der Waals surface area contributed by atoms with E-state index in [2.05, 4.69) is 13.8 Å². The third-order valence-corrected chi connectivity index (χ3v) is 6.19. The van der Waals surface area contributed by atoms with Crippen LogP contribution in [0.4, 0.5) is 0 Å². The Morgan fingerprint density at radius 2 is 0.500 bits per heavy atom. The predicted octanol–water partition coefficient (Wildman–Crippen LogP) is -4.60. The van der Waals surface area contributed by atoms with E-state index in [0.717, 1.165) is 25.7 Å². The van der Waals surface area contributed by atoms with Crippen molar-refractivity contribution in [3.8, 4) is 0 Å². The minimum Gasteiger partial charge on any atom is -0.481 e. The highest BCUT2D eigenvalue weighted by Crippen LogP contribution is 2.19. The first kappa shape index (κ1) is 67.5. The van der Waals surface area contributed by atoms with E-state index in [0.29, 0.717) is 0 Å². The van der Waals surface area contributed by atoms with Crippen LogP contribution in [0.1, 0.15) is 90.9 Å². The van der Waals surface area contributed by atoms with Crippen molar-refractivity contribution in [2.75, 3.05) is 79.3 Å². The number of hydrogen-bond acceptors (Lipinski definition) is 19. The number of unbranched alkanes of at least 4 members (excludes halogenated alkanes) is 8. The van der Waals surface area contributed by atoms with Crippen LogP contribution in [0.15, 0.2) is 0 Å². The number of aliphatic carboxylic acids is 1. The summed E-state index contributed by atoms with van der Waals surface area (Å²) >= 11 is 0. The Morgan fingerprint density at radius 1 is 0.333 bits per heavy atom. The summed E-state index contributed by atoms with van der Waals surface area (Å²) in [6, 6.07) is 0. The zero-order chi connectivity index (χ0) is 43.6. The lowest BCUT2D eigenvalue weighted by Gasteiger charge is -2.11. The molecule has 0 rings (SSSR count). The Labute approximate surface area is 320 Å². The van der Waals surface area contributed by atoms with E-state index in [1.54, 1.807) is 0 Å². The minimum absolute atomic E-state index is 0.0898. The van der Waals surface area contributed by atoms with Crippen molar-refractivity contribution in [3.05, 3.63) is 0 Å². The van der Waals surface area contributed by atoms with Gasteiger partial charge in [-0.25, -0.2) is 0 Å². The van der Waals surface area contributed by atoms with Crippen molar-refractivity contribution >= 4 is 5.97 Å². The highest BCUT2D eigenvalue weighted by molar-refractivity contribution is 5.69. The molecule has 54 heavy (non-hydrogen) atoms. The molecule has 0 bridgehead atoms. The summed E-state index contributed by atoms with van der Waals surface area (Å²) in [5.41, 5.74) is 0. The molecule has 0 heterocycles. The van der Waals surface area contributed by atoms with Gasteiger partial charge in [-0.3, -0.25) is 4.79 Å². The Morgan fingerprint density at radius 3 is 0.648 bits per heavy atom. The number of rotatable bonds is 25. The van der Waals surface area contributed by atoms with Gasteiger partial charge >= 0.3 is 5.97 Å². The van der Waals surface area contributed by atoms with Gasteiger partial charge in [0, 0.05) is 0 Å². The van der Waals surface area contributed by atoms with E-state index in [9.17, 15) is 9.90 Å². The molecular formula is C34H80O20. The van der Waals surface area contributed by atoms with E-state index < -0.39 is 42.6 Å². The maximum absolute atomic E-state index is 11.1. The van der Waals surface area contributed by atoms with Crippen LogP contribution in [0, 0.1) is 5.92 Å². The molecule has 0 aliphatic carbocycles. The van der Waals surface area contributed by atoms with Gasteiger partial charge in [0.25, 0.3) is 0 Å². The van der Waals surface area contributed by atoms with Gasteiger partial charge in [-0.05, 0) is 12.8 Å². The zero-order valence-corrected chi connectivity index (χ0v) is 32.4. The third-order valence-electron chi connectivity index (χ3n) is 6.19. The van der Waals surface area contributed by atoms with E-state index in [4.69, 9.17) is 91.9 Å². The van der Waals surface area contributed by atoms with Crippen LogP contribution in [0.2, 0.25) is 0 Å². The molecule has 0 amide bonds. The summed E-state index contributed by atoms with van der Waals surface area (Å²) in [5, 5.41) is 153. The summed E-state index contributed by atoms with van der Waals surface area (Å²) < 4.78 is 0. The molecule has 0 aromatic heterocycles. The molecule has 1 atom stereocenters. The minimum atomic E-state index is -0.954. The molecule has 0 radical (unpaired) electrons. The molecule has 0 fully saturated rings. The first-order valence-electron chi connectivity index (χ1n) is 18.2. The maximum Gasteiger partial charge on any atom is 0.306 e. The quantitative estimate of drug-likeness (QED) is 0.0386. The second kappa shape index (κ2) is 61.0. The molecule has 0 aromatic rings. The van der Waals surface area contributed by atoms with Crippen LogP contribution < -0.4 is 0 Å². The van der Waals surface area contributed by atoms with Gasteiger partial charge in [0.2, 0.25) is 0 Å². The largest absolute Gasteiger partial charge is 0.481 e. The van der Waals surface area contributed by atoms with Crippen molar-refractivity contribution in [2.24, 2.45) is 5.92 Å². The number of aliphatic hydroxyl groups excluding tert-OH is 18. The summed E-state index contributed by atoms with van der Waals surface area (Å²) in [6.07, 6.45) is 8.25. The maximum atomic E-state index is 11.1.